The van der Waals surface area contributed by atoms with Crippen LogP contribution in [0.15, 0.2) is 23.8 Å². The largest absolute Gasteiger partial charge is 0.477 e. The summed E-state index contributed by atoms with van der Waals surface area (Å²) in [5, 5.41) is 15.4. The van der Waals surface area contributed by atoms with Crippen LogP contribution in [0.4, 0.5) is 0 Å². The standard InChI is InChI=1S/C22H28N2O4/c1-4-14(3)28-22(27)18(21(25)26)12-15-10-11-17-19(5-2)23-24(20(17)13-15)16-8-6-7-9-16/h10-14,16H,4-9H2,1-3H3,(H,25,26). The number of benzene rings is 1. The number of carboxylic acids is 1. The number of carbonyl (C=O) groups excluding carboxylic acids is 1. The van der Waals surface area contributed by atoms with Crippen LogP contribution < -0.4 is 0 Å². The summed E-state index contributed by atoms with van der Waals surface area (Å²) < 4.78 is 7.30. The van der Waals surface area contributed by atoms with Crippen LogP contribution in [0.3, 0.4) is 0 Å². The number of carboxylic acid groups (broad SMARTS) is 1. The molecule has 0 amide bonds. The van der Waals surface area contributed by atoms with Gasteiger partial charge in [0.1, 0.15) is 5.57 Å². The van der Waals surface area contributed by atoms with Gasteiger partial charge in [0.25, 0.3) is 0 Å². The minimum atomic E-state index is -1.29. The summed E-state index contributed by atoms with van der Waals surface area (Å²) in [5.74, 6) is -2.09. The van der Waals surface area contributed by atoms with E-state index in [0.29, 0.717) is 18.0 Å². The second-order valence-corrected chi connectivity index (χ2v) is 7.45. The second-order valence-electron chi connectivity index (χ2n) is 7.45. The summed E-state index contributed by atoms with van der Waals surface area (Å²) in [6.07, 6.45) is 7.18. The molecular formula is C22H28N2O4. The summed E-state index contributed by atoms with van der Waals surface area (Å²) in [6.45, 7) is 5.71. The molecule has 1 saturated carbocycles. The topological polar surface area (TPSA) is 81.4 Å². The van der Waals surface area contributed by atoms with Gasteiger partial charge in [0.05, 0.1) is 23.4 Å². The van der Waals surface area contributed by atoms with E-state index in [1.807, 2.05) is 25.1 Å². The van der Waals surface area contributed by atoms with Gasteiger partial charge in [-0.05, 0) is 50.3 Å². The molecule has 6 heteroatoms. The summed E-state index contributed by atoms with van der Waals surface area (Å²) in [7, 11) is 0. The first-order valence-electron chi connectivity index (χ1n) is 10.1. The lowest BCUT2D eigenvalue weighted by molar-refractivity contribution is -0.147. The van der Waals surface area contributed by atoms with Crippen LogP contribution in [0.25, 0.3) is 17.0 Å². The molecule has 1 unspecified atom stereocenters. The van der Waals surface area contributed by atoms with Gasteiger partial charge in [0, 0.05) is 5.39 Å². The van der Waals surface area contributed by atoms with Gasteiger partial charge in [-0.15, -0.1) is 0 Å². The molecule has 28 heavy (non-hydrogen) atoms. The Labute approximate surface area is 165 Å². The van der Waals surface area contributed by atoms with E-state index >= 15 is 0 Å². The van der Waals surface area contributed by atoms with Crippen LogP contribution in [-0.2, 0) is 20.7 Å². The van der Waals surface area contributed by atoms with Crippen LogP contribution in [0.2, 0.25) is 0 Å². The van der Waals surface area contributed by atoms with E-state index in [4.69, 9.17) is 9.84 Å². The smallest absolute Gasteiger partial charge is 0.345 e. The Hall–Kier alpha value is -2.63. The quantitative estimate of drug-likeness (QED) is 0.328. The van der Waals surface area contributed by atoms with Crippen molar-refractivity contribution in [2.24, 2.45) is 0 Å². The Kier molecular flexibility index (Phi) is 6.17. The maximum absolute atomic E-state index is 12.3. The number of nitrogens with zero attached hydrogens (tertiary/aromatic N) is 2. The summed E-state index contributed by atoms with van der Waals surface area (Å²) in [4.78, 5) is 23.9. The number of esters is 1. The van der Waals surface area contributed by atoms with Crippen LogP contribution in [0.5, 0.6) is 0 Å². The van der Waals surface area contributed by atoms with Gasteiger partial charge in [0.15, 0.2) is 0 Å². The molecule has 0 saturated heterocycles. The fourth-order valence-electron chi connectivity index (χ4n) is 3.70. The van der Waals surface area contributed by atoms with E-state index in [9.17, 15) is 14.7 Å². The molecule has 1 atom stereocenters. The number of hydrogen-bond donors (Lipinski definition) is 1. The third-order valence-corrected chi connectivity index (χ3v) is 5.46. The molecule has 1 fully saturated rings. The highest BCUT2D eigenvalue weighted by atomic mass is 16.5. The number of carbonyl (C=O) groups is 2. The fraction of sp³-hybridized carbons (Fsp3) is 0.500. The molecule has 3 rings (SSSR count). The Morgan fingerprint density at radius 3 is 2.64 bits per heavy atom. The molecule has 0 aliphatic heterocycles. The van der Waals surface area contributed by atoms with Crippen molar-refractivity contribution >= 4 is 28.9 Å². The first kappa shape index (κ1) is 20.1. The third kappa shape index (κ3) is 4.11. The number of rotatable bonds is 7. The predicted octanol–water partition coefficient (Wildman–Crippen LogP) is 4.52. The highest BCUT2D eigenvalue weighted by molar-refractivity contribution is 6.17. The van der Waals surface area contributed by atoms with E-state index < -0.39 is 11.9 Å². The van der Waals surface area contributed by atoms with Gasteiger partial charge in [-0.1, -0.05) is 38.8 Å². The van der Waals surface area contributed by atoms with Crippen molar-refractivity contribution in [2.75, 3.05) is 0 Å². The highest BCUT2D eigenvalue weighted by Gasteiger charge is 2.23. The van der Waals surface area contributed by atoms with Gasteiger partial charge < -0.3 is 9.84 Å². The van der Waals surface area contributed by atoms with Crippen LogP contribution in [0, 0.1) is 0 Å². The van der Waals surface area contributed by atoms with Crippen molar-refractivity contribution in [2.45, 2.75) is 71.4 Å². The van der Waals surface area contributed by atoms with E-state index in [2.05, 4.69) is 11.6 Å². The monoisotopic (exact) mass is 384 g/mol. The van der Waals surface area contributed by atoms with Crippen molar-refractivity contribution in [3.05, 3.63) is 35.0 Å². The number of fused-ring (bicyclic) bond motifs is 1. The molecule has 2 aromatic rings. The van der Waals surface area contributed by atoms with E-state index in [1.54, 1.807) is 6.92 Å². The van der Waals surface area contributed by atoms with Gasteiger partial charge in [-0.2, -0.15) is 5.10 Å². The van der Waals surface area contributed by atoms with Gasteiger partial charge in [-0.25, -0.2) is 9.59 Å². The van der Waals surface area contributed by atoms with Crippen LogP contribution in [-0.4, -0.2) is 32.9 Å². The number of ether oxygens (including phenoxy) is 1. The normalized spacial score (nSPS) is 16.5. The van der Waals surface area contributed by atoms with Crippen molar-refractivity contribution in [1.82, 2.24) is 9.78 Å². The number of hydrogen-bond acceptors (Lipinski definition) is 4. The van der Waals surface area contributed by atoms with E-state index in [0.717, 1.165) is 35.9 Å². The molecule has 1 aliphatic rings. The zero-order valence-electron chi connectivity index (χ0n) is 16.8. The number of aromatic nitrogens is 2. The summed E-state index contributed by atoms with van der Waals surface area (Å²) in [5.41, 5.74) is 2.35. The maximum Gasteiger partial charge on any atom is 0.345 e. The lowest BCUT2D eigenvalue weighted by atomic mass is 10.1. The Morgan fingerprint density at radius 2 is 2.04 bits per heavy atom. The molecule has 0 bridgehead atoms. The molecule has 0 radical (unpaired) electrons. The van der Waals surface area contributed by atoms with Crippen molar-refractivity contribution in [3.8, 4) is 0 Å². The molecular weight excluding hydrogens is 356 g/mol. The fourth-order valence-corrected chi connectivity index (χ4v) is 3.70. The maximum atomic E-state index is 12.3. The number of aryl methyl sites for hydroxylation is 1. The Balaban J connectivity index is 2.02. The lowest BCUT2D eigenvalue weighted by Crippen LogP contribution is -2.20. The molecule has 1 aliphatic carbocycles. The first-order chi connectivity index (χ1) is 13.4. The molecule has 1 aromatic heterocycles. The average molecular weight is 384 g/mol. The minimum absolute atomic E-state index is 0.325. The third-order valence-electron chi connectivity index (χ3n) is 5.46. The average Bonchev–Trinajstić information content (AvgIpc) is 3.32. The number of aliphatic carboxylic acids is 1. The SMILES string of the molecule is CCc1nn(C2CCCC2)c2cc(C=C(C(=O)O)C(=O)OC(C)CC)ccc12. The van der Waals surface area contributed by atoms with Crippen molar-refractivity contribution in [1.29, 1.82) is 0 Å². The minimum Gasteiger partial charge on any atom is -0.477 e. The molecule has 1 heterocycles. The first-order valence-corrected chi connectivity index (χ1v) is 10.1. The molecule has 0 spiro atoms. The zero-order valence-corrected chi connectivity index (χ0v) is 16.8. The Bertz CT molecular complexity index is 907. The highest BCUT2D eigenvalue weighted by Crippen LogP contribution is 2.33. The lowest BCUT2D eigenvalue weighted by Gasteiger charge is -2.12. The zero-order chi connectivity index (χ0) is 20.3. The van der Waals surface area contributed by atoms with E-state index in [-0.39, 0.29) is 11.7 Å². The summed E-state index contributed by atoms with van der Waals surface area (Å²) >= 11 is 0. The van der Waals surface area contributed by atoms with Crippen LogP contribution in [0.1, 0.15) is 70.2 Å². The van der Waals surface area contributed by atoms with Gasteiger partial charge in [-0.3, -0.25) is 4.68 Å². The Morgan fingerprint density at radius 1 is 1.32 bits per heavy atom. The molecule has 1 aromatic carbocycles. The molecule has 150 valence electrons. The van der Waals surface area contributed by atoms with Gasteiger partial charge in [0.2, 0.25) is 0 Å². The molecule has 6 nitrogen and oxygen atoms in total. The van der Waals surface area contributed by atoms with Crippen molar-refractivity contribution < 1.29 is 19.4 Å². The van der Waals surface area contributed by atoms with E-state index in [1.165, 1.54) is 18.9 Å². The van der Waals surface area contributed by atoms with Crippen LogP contribution >= 0.6 is 0 Å². The molecule has 1 N–H and O–H groups in total. The van der Waals surface area contributed by atoms with Gasteiger partial charge >= 0.3 is 11.9 Å². The second kappa shape index (κ2) is 8.59. The van der Waals surface area contributed by atoms with Crippen molar-refractivity contribution in [3.63, 3.8) is 0 Å². The predicted molar refractivity (Wildman–Crippen MR) is 108 cm³/mol. The summed E-state index contributed by atoms with van der Waals surface area (Å²) in [6, 6.07) is 6.12.